The highest BCUT2D eigenvalue weighted by molar-refractivity contribution is 5.94. The molecule has 2 aromatic heterocycles. The van der Waals surface area contributed by atoms with Crippen LogP contribution in [0.4, 0.5) is 0 Å². The van der Waals surface area contributed by atoms with Crippen molar-refractivity contribution < 1.29 is 14.3 Å². The van der Waals surface area contributed by atoms with Crippen LogP contribution in [0.15, 0.2) is 55.0 Å². The lowest BCUT2D eigenvalue weighted by Crippen LogP contribution is -2.41. The third kappa shape index (κ3) is 4.39. The minimum atomic E-state index is -0.0843. The number of fused-ring (bicyclic) bond motifs is 1. The van der Waals surface area contributed by atoms with E-state index in [2.05, 4.69) is 22.4 Å². The van der Waals surface area contributed by atoms with Crippen molar-refractivity contribution in [1.29, 1.82) is 0 Å². The molecule has 0 radical (unpaired) electrons. The van der Waals surface area contributed by atoms with Gasteiger partial charge in [0.1, 0.15) is 5.65 Å². The van der Waals surface area contributed by atoms with Crippen LogP contribution in [-0.2, 0) is 16.1 Å². The molecule has 0 saturated carbocycles. The molecule has 32 heavy (non-hydrogen) atoms. The van der Waals surface area contributed by atoms with Gasteiger partial charge in [0.2, 0.25) is 5.91 Å². The van der Waals surface area contributed by atoms with Crippen LogP contribution in [0.25, 0.3) is 5.65 Å². The standard InChI is InChI=1S/C25H28N4O3/c30-24(27-16-18-5-10-28-13-9-26-23(28)15-18)21-3-1-19(2-4-21)20-6-11-29(12-7-20)25(31)22-8-14-32-17-22/h1-5,9-10,13,15,20,22H,6-8,11-12,14,16-17H2,(H,27,30). The van der Waals surface area contributed by atoms with E-state index in [0.717, 1.165) is 43.6 Å². The topological polar surface area (TPSA) is 75.9 Å². The number of hydrogen-bond acceptors (Lipinski definition) is 4. The summed E-state index contributed by atoms with van der Waals surface area (Å²) < 4.78 is 7.30. The molecule has 1 unspecified atom stereocenters. The summed E-state index contributed by atoms with van der Waals surface area (Å²) in [4.78, 5) is 31.4. The minimum Gasteiger partial charge on any atom is -0.381 e. The minimum absolute atomic E-state index is 0.0472. The molecule has 7 nitrogen and oxygen atoms in total. The molecule has 0 aliphatic carbocycles. The maximum Gasteiger partial charge on any atom is 0.251 e. The van der Waals surface area contributed by atoms with Gasteiger partial charge in [-0.2, -0.15) is 0 Å². The fourth-order valence-corrected chi connectivity index (χ4v) is 4.67. The van der Waals surface area contributed by atoms with Gasteiger partial charge in [-0.15, -0.1) is 0 Å². The number of carbonyl (C=O) groups excluding carboxylic acids is 2. The number of ether oxygens (including phenoxy) is 1. The van der Waals surface area contributed by atoms with Gasteiger partial charge in [0.05, 0.1) is 12.5 Å². The molecule has 3 aromatic rings. The Hall–Kier alpha value is -3.19. The van der Waals surface area contributed by atoms with Crippen molar-refractivity contribution in [2.75, 3.05) is 26.3 Å². The van der Waals surface area contributed by atoms with Crippen LogP contribution in [0.5, 0.6) is 0 Å². The molecule has 1 N–H and O–H groups in total. The molecule has 4 heterocycles. The van der Waals surface area contributed by atoms with Crippen molar-refractivity contribution in [1.82, 2.24) is 19.6 Å². The molecule has 0 bridgehead atoms. The average molecular weight is 433 g/mol. The highest BCUT2D eigenvalue weighted by Crippen LogP contribution is 2.29. The van der Waals surface area contributed by atoms with Crippen LogP contribution < -0.4 is 5.32 Å². The van der Waals surface area contributed by atoms with Crippen LogP contribution in [0.2, 0.25) is 0 Å². The predicted octanol–water partition coefficient (Wildman–Crippen LogP) is 3.01. The lowest BCUT2D eigenvalue weighted by molar-refractivity contribution is -0.136. The summed E-state index contributed by atoms with van der Waals surface area (Å²) in [7, 11) is 0. The number of rotatable bonds is 5. The zero-order chi connectivity index (χ0) is 21.9. The number of amides is 2. The van der Waals surface area contributed by atoms with Gasteiger partial charge in [0, 0.05) is 50.4 Å². The number of benzene rings is 1. The number of likely N-dealkylation sites (tertiary alicyclic amines) is 1. The second-order valence-electron chi connectivity index (χ2n) is 8.69. The van der Waals surface area contributed by atoms with Crippen molar-refractivity contribution >= 4 is 17.5 Å². The lowest BCUT2D eigenvalue weighted by atomic mass is 9.88. The van der Waals surface area contributed by atoms with Gasteiger partial charge >= 0.3 is 0 Å². The molecule has 2 aliphatic heterocycles. The van der Waals surface area contributed by atoms with E-state index in [1.54, 1.807) is 6.20 Å². The van der Waals surface area contributed by atoms with Gasteiger partial charge < -0.3 is 19.4 Å². The van der Waals surface area contributed by atoms with E-state index in [-0.39, 0.29) is 17.7 Å². The molecule has 1 atom stereocenters. The number of nitrogens with one attached hydrogen (secondary N) is 1. The van der Waals surface area contributed by atoms with E-state index < -0.39 is 0 Å². The Bertz CT molecular complexity index is 1090. The Morgan fingerprint density at radius 2 is 1.88 bits per heavy atom. The van der Waals surface area contributed by atoms with Gasteiger partial charge in [0.15, 0.2) is 0 Å². The molecule has 2 amide bonds. The molecule has 2 saturated heterocycles. The Balaban J connectivity index is 1.13. The van der Waals surface area contributed by atoms with E-state index in [9.17, 15) is 9.59 Å². The monoisotopic (exact) mass is 432 g/mol. The summed E-state index contributed by atoms with van der Waals surface area (Å²) in [5, 5.41) is 2.99. The Kier molecular flexibility index (Phi) is 5.90. The smallest absolute Gasteiger partial charge is 0.251 e. The first kappa shape index (κ1) is 20.7. The molecular weight excluding hydrogens is 404 g/mol. The summed E-state index contributed by atoms with van der Waals surface area (Å²) in [6.45, 7) is 3.32. The number of carbonyl (C=O) groups is 2. The maximum atomic E-state index is 12.6. The quantitative estimate of drug-likeness (QED) is 0.673. The Labute approximate surface area is 187 Å². The van der Waals surface area contributed by atoms with E-state index in [1.165, 1.54) is 5.56 Å². The highest BCUT2D eigenvalue weighted by Gasteiger charge is 2.31. The Morgan fingerprint density at radius 3 is 2.62 bits per heavy atom. The number of aromatic nitrogens is 2. The fraction of sp³-hybridized carbons (Fsp3) is 0.400. The van der Waals surface area contributed by atoms with E-state index in [0.29, 0.717) is 31.2 Å². The average Bonchev–Trinajstić information content (AvgIpc) is 3.54. The van der Waals surface area contributed by atoms with Gasteiger partial charge in [-0.1, -0.05) is 12.1 Å². The molecule has 7 heteroatoms. The summed E-state index contributed by atoms with van der Waals surface area (Å²) in [6.07, 6.45) is 8.36. The van der Waals surface area contributed by atoms with Crippen LogP contribution >= 0.6 is 0 Å². The third-order valence-corrected chi connectivity index (χ3v) is 6.65. The zero-order valence-corrected chi connectivity index (χ0v) is 18.1. The largest absolute Gasteiger partial charge is 0.381 e. The molecule has 1 aromatic carbocycles. The van der Waals surface area contributed by atoms with Crippen molar-refractivity contribution in [3.63, 3.8) is 0 Å². The number of piperidine rings is 1. The first-order valence-electron chi connectivity index (χ1n) is 11.3. The first-order chi connectivity index (χ1) is 15.7. The van der Waals surface area contributed by atoms with Crippen molar-refractivity contribution in [2.45, 2.75) is 31.7 Å². The number of nitrogens with zero attached hydrogens (tertiary/aromatic N) is 3. The number of imidazole rings is 1. The van der Waals surface area contributed by atoms with E-state index in [1.807, 2.05) is 46.0 Å². The molecular formula is C25H28N4O3. The zero-order valence-electron chi connectivity index (χ0n) is 18.1. The van der Waals surface area contributed by atoms with Crippen LogP contribution in [0, 0.1) is 5.92 Å². The highest BCUT2D eigenvalue weighted by atomic mass is 16.5. The van der Waals surface area contributed by atoms with Gasteiger partial charge in [-0.05, 0) is 60.6 Å². The van der Waals surface area contributed by atoms with Crippen molar-refractivity contribution in [2.24, 2.45) is 5.92 Å². The third-order valence-electron chi connectivity index (χ3n) is 6.65. The Morgan fingerprint density at radius 1 is 1.06 bits per heavy atom. The SMILES string of the molecule is O=C(NCc1ccn2ccnc2c1)c1ccc(C2CCN(C(=O)C3CCOC3)CC2)cc1. The predicted molar refractivity (Wildman–Crippen MR) is 120 cm³/mol. The molecule has 166 valence electrons. The summed E-state index contributed by atoms with van der Waals surface area (Å²) in [6, 6.07) is 11.9. The summed E-state index contributed by atoms with van der Waals surface area (Å²) in [5.74, 6) is 0.641. The van der Waals surface area contributed by atoms with Gasteiger partial charge in [-0.25, -0.2) is 4.98 Å². The van der Waals surface area contributed by atoms with E-state index in [4.69, 9.17) is 4.74 Å². The molecule has 0 spiro atoms. The van der Waals surface area contributed by atoms with Crippen LogP contribution in [0.3, 0.4) is 0 Å². The first-order valence-corrected chi connectivity index (χ1v) is 11.3. The molecule has 2 fully saturated rings. The van der Waals surface area contributed by atoms with Gasteiger partial charge in [-0.3, -0.25) is 9.59 Å². The maximum absolute atomic E-state index is 12.6. The fourth-order valence-electron chi connectivity index (χ4n) is 4.67. The number of hydrogen-bond donors (Lipinski definition) is 1. The second-order valence-corrected chi connectivity index (χ2v) is 8.69. The van der Waals surface area contributed by atoms with Gasteiger partial charge in [0.25, 0.3) is 5.91 Å². The normalized spacial score (nSPS) is 19.4. The number of pyridine rings is 1. The van der Waals surface area contributed by atoms with Crippen LogP contribution in [-0.4, -0.2) is 52.4 Å². The van der Waals surface area contributed by atoms with Crippen molar-refractivity contribution in [3.05, 3.63) is 71.7 Å². The van der Waals surface area contributed by atoms with E-state index >= 15 is 0 Å². The summed E-state index contributed by atoms with van der Waals surface area (Å²) in [5.41, 5.74) is 3.77. The van der Waals surface area contributed by atoms with Crippen molar-refractivity contribution in [3.8, 4) is 0 Å². The lowest BCUT2D eigenvalue weighted by Gasteiger charge is -2.33. The molecule has 2 aliphatic rings. The molecule has 5 rings (SSSR count). The summed E-state index contributed by atoms with van der Waals surface area (Å²) >= 11 is 0. The van der Waals surface area contributed by atoms with Crippen LogP contribution in [0.1, 0.15) is 46.7 Å². The second kappa shape index (κ2) is 9.12.